The first-order valence-electron chi connectivity index (χ1n) is 12.4. The number of aryl methyl sites for hydroxylation is 2. The van der Waals surface area contributed by atoms with Crippen molar-refractivity contribution in [2.24, 2.45) is 5.92 Å². The van der Waals surface area contributed by atoms with E-state index in [1.165, 1.54) is 38.5 Å². The zero-order chi connectivity index (χ0) is 21.8. The van der Waals surface area contributed by atoms with Crippen molar-refractivity contribution in [3.63, 3.8) is 0 Å². The SMILES string of the molecule is Cc1nc([C@@H]2CCN(C(=O)CCC3CCCC3)C2)nc(C)c1CC(=O)NC1CCCC1. The molecule has 1 N–H and O–H groups in total. The van der Waals surface area contributed by atoms with Crippen molar-refractivity contribution in [1.82, 2.24) is 20.2 Å². The maximum absolute atomic E-state index is 12.7. The molecule has 0 radical (unpaired) electrons. The number of hydrogen-bond acceptors (Lipinski definition) is 4. The van der Waals surface area contributed by atoms with Gasteiger partial charge < -0.3 is 10.2 Å². The Morgan fingerprint density at radius 1 is 0.968 bits per heavy atom. The third-order valence-corrected chi connectivity index (χ3v) is 7.64. The molecule has 2 amide bonds. The normalized spacial score (nSPS) is 22.4. The zero-order valence-corrected chi connectivity index (χ0v) is 19.3. The van der Waals surface area contributed by atoms with E-state index in [4.69, 9.17) is 9.97 Å². The van der Waals surface area contributed by atoms with Gasteiger partial charge in [-0.3, -0.25) is 9.59 Å². The Morgan fingerprint density at radius 2 is 1.61 bits per heavy atom. The van der Waals surface area contributed by atoms with Crippen molar-refractivity contribution >= 4 is 11.8 Å². The highest BCUT2D eigenvalue weighted by Gasteiger charge is 2.30. The summed E-state index contributed by atoms with van der Waals surface area (Å²) in [5.74, 6) is 2.17. The van der Waals surface area contributed by atoms with Crippen LogP contribution < -0.4 is 5.32 Å². The smallest absolute Gasteiger partial charge is 0.224 e. The van der Waals surface area contributed by atoms with Crippen LogP contribution >= 0.6 is 0 Å². The first kappa shape index (κ1) is 22.2. The molecule has 0 spiro atoms. The fraction of sp³-hybridized carbons (Fsp3) is 0.760. The predicted molar refractivity (Wildman–Crippen MR) is 121 cm³/mol. The monoisotopic (exact) mass is 426 g/mol. The highest BCUT2D eigenvalue weighted by Crippen LogP contribution is 2.30. The summed E-state index contributed by atoms with van der Waals surface area (Å²) < 4.78 is 0. The van der Waals surface area contributed by atoms with Gasteiger partial charge in [-0.2, -0.15) is 0 Å². The number of rotatable bonds is 7. The van der Waals surface area contributed by atoms with Crippen LogP contribution in [0.15, 0.2) is 0 Å². The minimum atomic E-state index is 0.0781. The van der Waals surface area contributed by atoms with Crippen molar-refractivity contribution in [2.45, 2.75) is 103 Å². The quantitative estimate of drug-likeness (QED) is 0.716. The summed E-state index contributed by atoms with van der Waals surface area (Å²) in [6.45, 7) is 5.50. The standard InChI is InChI=1S/C25H38N4O2/c1-17-22(15-23(30)28-21-9-5-6-10-21)18(2)27-25(26-17)20-13-14-29(16-20)24(31)12-11-19-7-3-4-8-19/h19-21H,3-16H2,1-2H3,(H,28,30)/t20-/m1/s1. The second kappa shape index (κ2) is 10.1. The Balaban J connectivity index is 1.32. The molecule has 0 unspecified atom stereocenters. The molecule has 6 heteroatoms. The van der Waals surface area contributed by atoms with E-state index in [0.717, 1.165) is 67.5 Å². The topological polar surface area (TPSA) is 75.2 Å². The predicted octanol–water partition coefficient (Wildman–Crippen LogP) is 3.98. The van der Waals surface area contributed by atoms with E-state index >= 15 is 0 Å². The Kier molecular flexibility index (Phi) is 7.24. The van der Waals surface area contributed by atoms with Gasteiger partial charge in [-0.15, -0.1) is 0 Å². The molecule has 3 fully saturated rings. The number of nitrogens with one attached hydrogen (secondary N) is 1. The Hall–Kier alpha value is -1.98. The van der Waals surface area contributed by atoms with Crippen molar-refractivity contribution in [1.29, 1.82) is 0 Å². The molecular formula is C25H38N4O2. The molecule has 0 bridgehead atoms. The molecule has 1 aromatic heterocycles. The minimum absolute atomic E-state index is 0.0781. The number of aromatic nitrogens is 2. The molecule has 2 aliphatic carbocycles. The van der Waals surface area contributed by atoms with Crippen LogP contribution in [-0.4, -0.2) is 45.8 Å². The van der Waals surface area contributed by atoms with E-state index in [1.807, 2.05) is 18.7 Å². The lowest BCUT2D eigenvalue weighted by atomic mass is 10.0. The molecule has 1 saturated heterocycles. The van der Waals surface area contributed by atoms with Crippen LogP contribution in [0.4, 0.5) is 0 Å². The maximum Gasteiger partial charge on any atom is 0.224 e. The average Bonchev–Trinajstić information content (AvgIpc) is 3.51. The van der Waals surface area contributed by atoms with E-state index in [1.54, 1.807) is 0 Å². The molecule has 3 aliphatic rings. The molecule has 31 heavy (non-hydrogen) atoms. The highest BCUT2D eigenvalue weighted by atomic mass is 16.2. The molecule has 6 nitrogen and oxygen atoms in total. The summed E-state index contributed by atoms with van der Waals surface area (Å²) in [7, 11) is 0. The van der Waals surface area contributed by atoms with Crippen LogP contribution in [0.1, 0.15) is 99.3 Å². The summed E-state index contributed by atoms with van der Waals surface area (Å²) in [6, 6.07) is 0.337. The lowest BCUT2D eigenvalue weighted by molar-refractivity contribution is -0.130. The third kappa shape index (κ3) is 5.64. The number of carbonyl (C=O) groups is 2. The van der Waals surface area contributed by atoms with Crippen molar-refractivity contribution in [3.05, 3.63) is 22.8 Å². The van der Waals surface area contributed by atoms with Gasteiger partial charge in [0.15, 0.2) is 0 Å². The number of nitrogens with zero attached hydrogens (tertiary/aromatic N) is 3. The highest BCUT2D eigenvalue weighted by molar-refractivity contribution is 5.79. The van der Waals surface area contributed by atoms with Crippen LogP contribution in [0.5, 0.6) is 0 Å². The van der Waals surface area contributed by atoms with Gasteiger partial charge in [0.1, 0.15) is 5.82 Å². The van der Waals surface area contributed by atoms with Gasteiger partial charge in [-0.25, -0.2) is 9.97 Å². The van der Waals surface area contributed by atoms with Gasteiger partial charge in [-0.1, -0.05) is 38.5 Å². The largest absolute Gasteiger partial charge is 0.353 e. The Morgan fingerprint density at radius 3 is 2.29 bits per heavy atom. The zero-order valence-electron chi connectivity index (χ0n) is 19.3. The van der Waals surface area contributed by atoms with Crippen LogP contribution in [0.2, 0.25) is 0 Å². The van der Waals surface area contributed by atoms with Crippen molar-refractivity contribution in [3.8, 4) is 0 Å². The van der Waals surface area contributed by atoms with Crippen LogP contribution in [0.3, 0.4) is 0 Å². The number of amides is 2. The molecule has 2 saturated carbocycles. The first-order valence-corrected chi connectivity index (χ1v) is 12.4. The van der Waals surface area contributed by atoms with Gasteiger partial charge in [0.2, 0.25) is 11.8 Å². The van der Waals surface area contributed by atoms with Gasteiger partial charge in [-0.05, 0) is 45.4 Å². The van der Waals surface area contributed by atoms with Crippen LogP contribution in [0, 0.1) is 19.8 Å². The van der Waals surface area contributed by atoms with E-state index < -0.39 is 0 Å². The molecule has 170 valence electrons. The number of hydrogen-bond donors (Lipinski definition) is 1. The van der Waals surface area contributed by atoms with Gasteiger partial charge in [0, 0.05) is 48.4 Å². The molecule has 4 rings (SSSR count). The van der Waals surface area contributed by atoms with Gasteiger partial charge in [0.05, 0.1) is 6.42 Å². The first-order chi connectivity index (χ1) is 15.0. The lowest BCUT2D eigenvalue weighted by Crippen LogP contribution is -2.34. The molecule has 2 heterocycles. The fourth-order valence-electron chi connectivity index (χ4n) is 5.70. The average molecular weight is 427 g/mol. The molecule has 0 aromatic carbocycles. The van der Waals surface area contributed by atoms with Crippen LogP contribution in [-0.2, 0) is 16.0 Å². The summed E-state index contributed by atoms with van der Waals surface area (Å²) in [5, 5.41) is 3.16. The number of carbonyl (C=O) groups excluding carboxylic acids is 2. The second-order valence-corrected chi connectivity index (χ2v) is 9.97. The summed E-state index contributed by atoms with van der Waals surface area (Å²) >= 11 is 0. The molecule has 1 aliphatic heterocycles. The summed E-state index contributed by atoms with van der Waals surface area (Å²) in [4.78, 5) is 36.7. The number of likely N-dealkylation sites (tertiary alicyclic amines) is 1. The summed E-state index contributed by atoms with van der Waals surface area (Å²) in [5.41, 5.74) is 2.74. The second-order valence-electron chi connectivity index (χ2n) is 9.97. The Labute approximate surface area is 186 Å². The third-order valence-electron chi connectivity index (χ3n) is 7.64. The van der Waals surface area contributed by atoms with Crippen LogP contribution in [0.25, 0.3) is 0 Å². The molecular weight excluding hydrogens is 388 g/mol. The van der Waals surface area contributed by atoms with E-state index in [9.17, 15) is 9.59 Å². The maximum atomic E-state index is 12.7. The lowest BCUT2D eigenvalue weighted by Gasteiger charge is -2.18. The van der Waals surface area contributed by atoms with Gasteiger partial charge in [0.25, 0.3) is 0 Å². The Bertz CT molecular complexity index is 774. The fourth-order valence-corrected chi connectivity index (χ4v) is 5.70. The molecule has 1 atom stereocenters. The van der Waals surface area contributed by atoms with E-state index in [0.29, 0.717) is 24.8 Å². The minimum Gasteiger partial charge on any atom is -0.353 e. The summed E-state index contributed by atoms with van der Waals surface area (Å²) in [6.07, 6.45) is 12.9. The van der Waals surface area contributed by atoms with Crippen molar-refractivity contribution < 1.29 is 9.59 Å². The van der Waals surface area contributed by atoms with E-state index in [2.05, 4.69) is 5.32 Å². The molecule has 1 aromatic rings. The van der Waals surface area contributed by atoms with E-state index in [-0.39, 0.29) is 11.8 Å². The van der Waals surface area contributed by atoms with Crippen molar-refractivity contribution in [2.75, 3.05) is 13.1 Å². The van der Waals surface area contributed by atoms with Gasteiger partial charge >= 0.3 is 0 Å².